The van der Waals surface area contributed by atoms with Crippen LogP contribution in [0.1, 0.15) is 31.2 Å². The molecule has 1 N–H and O–H groups in total. The summed E-state index contributed by atoms with van der Waals surface area (Å²) in [5.41, 5.74) is 1.16. The van der Waals surface area contributed by atoms with E-state index < -0.39 is 0 Å². The number of rotatable bonds is 5. The number of amides is 1. The Bertz CT molecular complexity index is 317. The topological polar surface area (TPSA) is 29.1 Å². The molecular weight excluding hydrogens is 186 g/mol. The molecule has 1 aliphatic carbocycles. The van der Waals surface area contributed by atoms with Gasteiger partial charge in [-0.15, -0.1) is 0 Å². The second-order valence-corrected chi connectivity index (χ2v) is 4.24. The van der Waals surface area contributed by atoms with Crippen molar-refractivity contribution in [2.45, 2.75) is 32.2 Å². The normalized spacial score (nSPS) is 14.9. The average Bonchev–Trinajstić information content (AvgIpc) is 3.09. The van der Waals surface area contributed by atoms with Gasteiger partial charge in [-0.25, -0.2) is 0 Å². The van der Waals surface area contributed by atoms with E-state index in [4.69, 9.17) is 0 Å². The van der Waals surface area contributed by atoms with Crippen molar-refractivity contribution in [2.24, 2.45) is 5.92 Å². The van der Waals surface area contributed by atoms with Crippen molar-refractivity contribution in [1.82, 2.24) is 5.32 Å². The predicted molar refractivity (Wildman–Crippen MR) is 60.2 cm³/mol. The monoisotopic (exact) mass is 203 g/mol. The van der Waals surface area contributed by atoms with Crippen LogP contribution in [0, 0.1) is 5.92 Å². The molecule has 2 nitrogen and oxygen atoms in total. The molecule has 0 aromatic heterocycles. The maximum atomic E-state index is 11.4. The third-order valence-electron chi connectivity index (χ3n) is 2.81. The van der Waals surface area contributed by atoms with E-state index in [1.54, 1.807) is 0 Å². The highest BCUT2D eigenvalue weighted by atomic mass is 16.1. The summed E-state index contributed by atoms with van der Waals surface area (Å²) in [6.45, 7) is 0.657. The van der Waals surface area contributed by atoms with Gasteiger partial charge in [0.1, 0.15) is 0 Å². The molecule has 0 radical (unpaired) electrons. The second-order valence-electron chi connectivity index (χ2n) is 4.24. The lowest BCUT2D eigenvalue weighted by molar-refractivity contribution is -0.121. The van der Waals surface area contributed by atoms with E-state index in [1.165, 1.54) is 12.8 Å². The molecule has 80 valence electrons. The van der Waals surface area contributed by atoms with Crippen LogP contribution in [0.5, 0.6) is 0 Å². The maximum absolute atomic E-state index is 11.4. The van der Waals surface area contributed by atoms with Gasteiger partial charge < -0.3 is 5.32 Å². The van der Waals surface area contributed by atoms with Crippen molar-refractivity contribution in [1.29, 1.82) is 0 Å². The van der Waals surface area contributed by atoms with Crippen LogP contribution < -0.4 is 5.32 Å². The van der Waals surface area contributed by atoms with Crippen molar-refractivity contribution in [3.63, 3.8) is 0 Å². The van der Waals surface area contributed by atoms with E-state index in [9.17, 15) is 4.79 Å². The number of benzene rings is 1. The van der Waals surface area contributed by atoms with Crippen LogP contribution in [-0.4, -0.2) is 5.91 Å². The lowest BCUT2D eigenvalue weighted by atomic mass is 10.2. The van der Waals surface area contributed by atoms with Gasteiger partial charge in [0, 0.05) is 13.0 Å². The molecule has 0 aliphatic heterocycles. The molecule has 0 atom stereocenters. The van der Waals surface area contributed by atoms with Crippen molar-refractivity contribution >= 4 is 5.91 Å². The summed E-state index contributed by atoms with van der Waals surface area (Å²) in [4.78, 5) is 11.4. The van der Waals surface area contributed by atoms with Crippen molar-refractivity contribution < 1.29 is 4.79 Å². The minimum atomic E-state index is 0.186. The molecule has 15 heavy (non-hydrogen) atoms. The van der Waals surface area contributed by atoms with Crippen LogP contribution in [0.3, 0.4) is 0 Å². The lowest BCUT2D eigenvalue weighted by Gasteiger charge is -2.04. The van der Waals surface area contributed by atoms with Gasteiger partial charge in [-0.05, 0) is 17.9 Å². The van der Waals surface area contributed by atoms with Crippen molar-refractivity contribution in [3.8, 4) is 0 Å². The molecule has 1 fully saturated rings. The maximum Gasteiger partial charge on any atom is 0.220 e. The minimum Gasteiger partial charge on any atom is -0.352 e. The van der Waals surface area contributed by atoms with Gasteiger partial charge in [0.15, 0.2) is 0 Å². The highest BCUT2D eigenvalue weighted by molar-refractivity contribution is 5.75. The SMILES string of the molecule is O=C(CCC1CC1)NCc1ccccc1. The molecule has 1 saturated carbocycles. The van der Waals surface area contributed by atoms with E-state index in [0.717, 1.165) is 17.9 Å². The first-order valence-corrected chi connectivity index (χ1v) is 5.65. The summed E-state index contributed by atoms with van der Waals surface area (Å²) in [5.74, 6) is 1.03. The van der Waals surface area contributed by atoms with Crippen LogP contribution in [0.15, 0.2) is 30.3 Å². The first-order chi connectivity index (χ1) is 7.34. The van der Waals surface area contributed by atoms with E-state index in [-0.39, 0.29) is 5.91 Å². The first-order valence-electron chi connectivity index (χ1n) is 5.65. The van der Waals surface area contributed by atoms with Gasteiger partial charge in [-0.2, -0.15) is 0 Å². The zero-order valence-corrected chi connectivity index (χ0v) is 8.91. The van der Waals surface area contributed by atoms with E-state index in [0.29, 0.717) is 13.0 Å². The molecule has 1 amide bonds. The molecule has 2 heteroatoms. The Morgan fingerprint density at radius 1 is 1.27 bits per heavy atom. The summed E-state index contributed by atoms with van der Waals surface area (Å²) in [7, 11) is 0. The Kier molecular flexibility index (Phi) is 3.38. The van der Waals surface area contributed by atoms with Crippen molar-refractivity contribution in [3.05, 3.63) is 35.9 Å². The van der Waals surface area contributed by atoms with Crippen LogP contribution in [0.25, 0.3) is 0 Å². The van der Waals surface area contributed by atoms with Gasteiger partial charge in [0.05, 0.1) is 0 Å². The van der Waals surface area contributed by atoms with Gasteiger partial charge in [0.25, 0.3) is 0 Å². The summed E-state index contributed by atoms with van der Waals surface area (Å²) in [5, 5.41) is 2.94. The number of hydrogen-bond acceptors (Lipinski definition) is 1. The van der Waals surface area contributed by atoms with Crippen molar-refractivity contribution in [2.75, 3.05) is 0 Å². The van der Waals surface area contributed by atoms with E-state index in [1.807, 2.05) is 30.3 Å². The highest BCUT2D eigenvalue weighted by Crippen LogP contribution is 2.33. The fraction of sp³-hybridized carbons (Fsp3) is 0.462. The van der Waals surface area contributed by atoms with Crippen LogP contribution in [0.4, 0.5) is 0 Å². The molecular formula is C13H17NO. The number of hydrogen-bond donors (Lipinski definition) is 1. The second kappa shape index (κ2) is 4.96. The molecule has 0 bridgehead atoms. The minimum absolute atomic E-state index is 0.186. The molecule has 1 aliphatic rings. The zero-order valence-electron chi connectivity index (χ0n) is 8.91. The zero-order chi connectivity index (χ0) is 10.5. The Balaban J connectivity index is 1.66. The summed E-state index contributed by atoms with van der Waals surface area (Å²) in [6.07, 6.45) is 4.41. The third-order valence-corrected chi connectivity index (χ3v) is 2.81. The van der Waals surface area contributed by atoms with Gasteiger partial charge in [-0.1, -0.05) is 43.2 Å². The molecule has 0 saturated heterocycles. The number of carbonyl (C=O) groups excluding carboxylic acids is 1. The predicted octanol–water partition coefficient (Wildman–Crippen LogP) is 2.49. The lowest BCUT2D eigenvalue weighted by Crippen LogP contribution is -2.22. The Hall–Kier alpha value is -1.31. The number of nitrogens with one attached hydrogen (secondary N) is 1. The molecule has 2 rings (SSSR count). The number of carbonyl (C=O) groups is 1. The average molecular weight is 203 g/mol. The molecule has 0 unspecified atom stereocenters. The van der Waals surface area contributed by atoms with Crippen LogP contribution in [0.2, 0.25) is 0 Å². The quantitative estimate of drug-likeness (QED) is 0.782. The summed E-state index contributed by atoms with van der Waals surface area (Å²) < 4.78 is 0. The Labute approximate surface area is 90.7 Å². The Morgan fingerprint density at radius 2 is 2.00 bits per heavy atom. The standard InChI is InChI=1S/C13H17NO/c15-13(9-8-11-6-7-11)14-10-12-4-2-1-3-5-12/h1-5,11H,6-10H2,(H,14,15). The van der Waals surface area contributed by atoms with Gasteiger partial charge in [-0.3, -0.25) is 4.79 Å². The molecule has 0 heterocycles. The highest BCUT2D eigenvalue weighted by Gasteiger charge is 2.21. The fourth-order valence-electron chi connectivity index (χ4n) is 1.63. The van der Waals surface area contributed by atoms with E-state index in [2.05, 4.69) is 5.32 Å². The fourth-order valence-corrected chi connectivity index (χ4v) is 1.63. The largest absolute Gasteiger partial charge is 0.352 e. The molecule has 0 spiro atoms. The smallest absolute Gasteiger partial charge is 0.220 e. The van der Waals surface area contributed by atoms with Crippen LogP contribution >= 0.6 is 0 Å². The summed E-state index contributed by atoms with van der Waals surface area (Å²) >= 11 is 0. The van der Waals surface area contributed by atoms with Gasteiger partial charge in [0.2, 0.25) is 5.91 Å². The molecule has 1 aromatic rings. The summed E-state index contributed by atoms with van der Waals surface area (Å²) in [6, 6.07) is 10.0. The van der Waals surface area contributed by atoms with E-state index >= 15 is 0 Å². The van der Waals surface area contributed by atoms with Crippen LogP contribution in [-0.2, 0) is 11.3 Å². The third kappa shape index (κ3) is 3.74. The Morgan fingerprint density at radius 3 is 2.67 bits per heavy atom. The first kappa shape index (κ1) is 10.2. The van der Waals surface area contributed by atoms with Gasteiger partial charge >= 0.3 is 0 Å². The molecule has 1 aromatic carbocycles.